The predicted octanol–water partition coefficient (Wildman–Crippen LogP) is 3.70. The highest BCUT2D eigenvalue weighted by Gasteiger charge is 2.44. The van der Waals surface area contributed by atoms with Crippen LogP contribution < -0.4 is 0 Å². The lowest BCUT2D eigenvalue weighted by molar-refractivity contribution is -0.0261. The van der Waals surface area contributed by atoms with Crippen molar-refractivity contribution in [1.82, 2.24) is 9.88 Å². The molecular weight excluding hydrogens is 330 g/mol. The minimum atomic E-state index is -0.523. The van der Waals surface area contributed by atoms with Crippen LogP contribution in [-0.4, -0.2) is 39.4 Å². The molecule has 2 saturated heterocycles. The zero-order valence-electron chi connectivity index (χ0n) is 15.6. The van der Waals surface area contributed by atoms with Gasteiger partial charge in [-0.25, -0.2) is 4.79 Å². The van der Waals surface area contributed by atoms with E-state index in [1.54, 1.807) is 12.1 Å². The highest BCUT2D eigenvalue weighted by molar-refractivity contribution is 5.96. The van der Waals surface area contributed by atoms with Crippen molar-refractivity contribution in [2.24, 2.45) is 5.92 Å². The Balaban J connectivity index is 1.73. The van der Waals surface area contributed by atoms with Gasteiger partial charge in [-0.05, 0) is 65.0 Å². The second-order valence-electron chi connectivity index (χ2n) is 8.20. The summed E-state index contributed by atoms with van der Waals surface area (Å²) < 4.78 is 5.58. The molecule has 0 N–H and O–H groups in total. The molecule has 2 atom stereocenters. The largest absolute Gasteiger partial charge is 0.444 e. The van der Waals surface area contributed by atoms with Crippen LogP contribution in [0.4, 0.5) is 4.79 Å². The van der Waals surface area contributed by atoms with Crippen LogP contribution in [0.5, 0.6) is 0 Å². The number of aromatic nitrogens is 1. The minimum Gasteiger partial charge on any atom is -0.444 e. The maximum atomic E-state index is 12.9. The van der Waals surface area contributed by atoms with Crippen LogP contribution in [0.15, 0.2) is 18.3 Å². The number of piperidine rings is 2. The molecule has 6 heteroatoms. The smallest absolute Gasteiger partial charge is 0.410 e. The number of carbonyl (C=O) groups is 2. The number of hydrogen-bond acceptors (Lipinski definition) is 5. The summed E-state index contributed by atoms with van der Waals surface area (Å²) in [6, 6.07) is 5.35. The molecule has 2 aliphatic rings. The fourth-order valence-corrected chi connectivity index (χ4v) is 4.02. The topological polar surface area (TPSA) is 83.3 Å². The molecule has 1 amide bonds. The van der Waals surface area contributed by atoms with Gasteiger partial charge in [-0.3, -0.25) is 9.78 Å². The number of fused-ring (bicyclic) bond motifs is 2. The van der Waals surface area contributed by atoms with Gasteiger partial charge in [-0.15, -0.1) is 0 Å². The first-order chi connectivity index (χ1) is 12.3. The molecule has 26 heavy (non-hydrogen) atoms. The van der Waals surface area contributed by atoms with Crippen LogP contribution in [0.2, 0.25) is 0 Å². The monoisotopic (exact) mass is 355 g/mol. The van der Waals surface area contributed by atoms with E-state index in [1.807, 2.05) is 31.7 Å². The normalized spacial score (nSPS) is 25.3. The van der Waals surface area contributed by atoms with Gasteiger partial charge in [0.2, 0.25) is 0 Å². The third kappa shape index (κ3) is 3.87. The molecule has 2 unspecified atom stereocenters. The van der Waals surface area contributed by atoms with E-state index >= 15 is 0 Å². The molecule has 1 aromatic heterocycles. The third-order valence-corrected chi connectivity index (χ3v) is 5.09. The van der Waals surface area contributed by atoms with Crippen LogP contribution in [0, 0.1) is 17.2 Å². The molecule has 2 fully saturated rings. The highest BCUT2D eigenvalue weighted by atomic mass is 16.6. The second-order valence-corrected chi connectivity index (χ2v) is 8.20. The van der Waals surface area contributed by atoms with Crippen molar-refractivity contribution in [2.45, 2.75) is 70.6 Å². The zero-order chi connectivity index (χ0) is 18.9. The summed E-state index contributed by atoms with van der Waals surface area (Å²) in [5.41, 5.74) is 0.320. The molecule has 0 aliphatic carbocycles. The predicted molar refractivity (Wildman–Crippen MR) is 95.5 cm³/mol. The van der Waals surface area contributed by atoms with Crippen molar-refractivity contribution >= 4 is 11.9 Å². The fraction of sp³-hybridized carbons (Fsp3) is 0.600. The molecular formula is C20H25N3O3. The average molecular weight is 355 g/mol. The van der Waals surface area contributed by atoms with Gasteiger partial charge >= 0.3 is 6.09 Å². The number of ketones is 1. The number of pyridine rings is 1. The third-order valence-electron chi connectivity index (χ3n) is 5.09. The Bertz CT molecular complexity index is 716. The lowest BCUT2D eigenvalue weighted by Gasteiger charge is -2.48. The number of Topliss-reactive ketones (excluding diaryl/α,β-unsaturated/α-hetero) is 1. The van der Waals surface area contributed by atoms with Crippen LogP contribution in [-0.2, 0) is 4.74 Å². The lowest BCUT2D eigenvalue weighted by Crippen LogP contribution is -2.56. The van der Waals surface area contributed by atoms with Gasteiger partial charge in [0.15, 0.2) is 5.78 Å². The maximum Gasteiger partial charge on any atom is 0.410 e. The molecule has 0 saturated carbocycles. The summed E-state index contributed by atoms with van der Waals surface area (Å²) in [7, 11) is 0. The standard InChI is InChI=1S/C20H25N3O3/c1-20(2,3)26-19(25)23-15-5-4-6-16(23)10-14(9-15)18(24)17-8-7-13(11-21)12-22-17/h7-8,12,14-16H,4-6,9-10H2,1-3H3. The number of amides is 1. The van der Waals surface area contributed by atoms with E-state index in [0.29, 0.717) is 24.1 Å². The molecule has 6 nitrogen and oxygen atoms in total. The van der Waals surface area contributed by atoms with E-state index in [0.717, 1.165) is 19.3 Å². The first-order valence-electron chi connectivity index (χ1n) is 9.20. The molecule has 0 spiro atoms. The minimum absolute atomic E-state index is 0.00947. The fourth-order valence-electron chi connectivity index (χ4n) is 4.02. The van der Waals surface area contributed by atoms with Crippen molar-refractivity contribution < 1.29 is 14.3 Å². The van der Waals surface area contributed by atoms with Crippen molar-refractivity contribution in [2.75, 3.05) is 0 Å². The van der Waals surface area contributed by atoms with Gasteiger partial charge in [0.05, 0.1) is 5.56 Å². The van der Waals surface area contributed by atoms with Crippen LogP contribution in [0.25, 0.3) is 0 Å². The Morgan fingerprint density at radius 3 is 2.38 bits per heavy atom. The molecule has 0 radical (unpaired) electrons. The van der Waals surface area contributed by atoms with Crippen LogP contribution in [0.1, 0.15) is 68.9 Å². The number of nitriles is 1. The lowest BCUT2D eigenvalue weighted by atomic mass is 9.76. The Morgan fingerprint density at radius 1 is 1.23 bits per heavy atom. The van der Waals surface area contributed by atoms with Gasteiger partial charge in [-0.1, -0.05) is 0 Å². The Kier molecular flexibility index (Phi) is 4.99. The zero-order valence-corrected chi connectivity index (χ0v) is 15.6. The van der Waals surface area contributed by atoms with Gasteiger partial charge in [0.25, 0.3) is 0 Å². The summed E-state index contributed by atoms with van der Waals surface area (Å²) in [6.07, 6.45) is 5.34. The first kappa shape index (κ1) is 18.4. The maximum absolute atomic E-state index is 12.9. The Labute approximate surface area is 154 Å². The molecule has 1 aromatic rings. The molecule has 3 rings (SSSR count). The van der Waals surface area contributed by atoms with E-state index in [-0.39, 0.29) is 29.9 Å². The van der Waals surface area contributed by atoms with Gasteiger partial charge in [-0.2, -0.15) is 5.26 Å². The van der Waals surface area contributed by atoms with Crippen molar-refractivity contribution in [3.05, 3.63) is 29.6 Å². The Hall–Kier alpha value is -2.42. The second kappa shape index (κ2) is 7.06. The summed E-state index contributed by atoms with van der Waals surface area (Å²) >= 11 is 0. The van der Waals surface area contributed by atoms with E-state index in [9.17, 15) is 9.59 Å². The summed E-state index contributed by atoms with van der Waals surface area (Å²) in [4.78, 5) is 31.5. The van der Waals surface area contributed by atoms with E-state index < -0.39 is 5.60 Å². The first-order valence-corrected chi connectivity index (χ1v) is 9.20. The molecule has 3 heterocycles. The van der Waals surface area contributed by atoms with Crippen LogP contribution in [0.3, 0.4) is 0 Å². The average Bonchev–Trinajstić information content (AvgIpc) is 2.58. The van der Waals surface area contributed by atoms with Gasteiger partial charge in [0.1, 0.15) is 17.4 Å². The summed E-state index contributed by atoms with van der Waals surface area (Å²) in [5, 5.41) is 8.86. The highest BCUT2D eigenvalue weighted by Crippen LogP contribution is 2.39. The molecule has 2 aliphatic heterocycles. The summed E-state index contributed by atoms with van der Waals surface area (Å²) in [6.45, 7) is 5.61. The van der Waals surface area contributed by atoms with Crippen molar-refractivity contribution in [3.8, 4) is 6.07 Å². The number of ether oxygens (including phenoxy) is 1. The van der Waals surface area contributed by atoms with Crippen molar-refractivity contribution in [3.63, 3.8) is 0 Å². The SMILES string of the molecule is CC(C)(C)OC(=O)N1C2CCCC1CC(C(=O)c1ccc(C#N)cn1)C2. The quantitative estimate of drug-likeness (QED) is 0.755. The van der Waals surface area contributed by atoms with Crippen molar-refractivity contribution in [1.29, 1.82) is 5.26 Å². The van der Waals surface area contributed by atoms with Gasteiger partial charge < -0.3 is 9.64 Å². The number of carbonyl (C=O) groups excluding carboxylic acids is 2. The Morgan fingerprint density at radius 2 is 1.88 bits per heavy atom. The van der Waals surface area contributed by atoms with E-state index in [2.05, 4.69) is 4.98 Å². The number of nitrogens with zero attached hydrogens (tertiary/aromatic N) is 3. The molecule has 2 bridgehead atoms. The van der Waals surface area contributed by atoms with E-state index in [4.69, 9.17) is 10.00 Å². The van der Waals surface area contributed by atoms with E-state index in [1.165, 1.54) is 6.20 Å². The number of rotatable bonds is 2. The molecule has 0 aromatic carbocycles. The van der Waals surface area contributed by atoms with Gasteiger partial charge in [0, 0.05) is 24.2 Å². The molecule has 138 valence electrons. The summed E-state index contributed by atoms with van der Waals surface area (Å²) in [5.74, 6) is -0.125. The number of hydrogen-bond donors (Lipinski definition) is 0. The van der Waals surface area contributed by atoms with Crippen LogP contribution >= 0.6 is 0 Å².